The van der Waals surface area contributed by atoms with Crippen molar-refractivity contribution in [1.82, 2.24) is 20.0 Å². The molecule has 0 aromatic carbocycles. The van der Waals surface area contributed by atoms with Crippen LogP contribution in [0.2, 0.25) is 0 Å². The third-order valence-corrected chi connectivity index (χ3v) is 6.48. The Morgan fingerprint density at radius 1 is 1.32 bits per heavy atom. The summed E-state index contributed by atoms with van der Waals surface area (Å²) in [5.74, 6) is 1.98. The Labute approximate surface area is 167 Å². The van der Waals surface area contributed by atoms with Crippen molar-refractivity contribution < 1.29 is 9.32 Å². The number of likely N-dealkylation sites (tertiary alicyclic amines) is 1. The Morgan fingerprint density at radius 2 is 2.25 bits per heavy atom. The van der Waals surface area contributed by atoms with Gasteiger partial charge in [-0.15, -0.1) is 0 Å². The molecule has 6 nitrogen and oxygen atoms in total. The molecule has 3 aromatic heterocycles. The lowest BCUT2D eigenvalue weighted by Crippen LogP contribution is -2.49. The van der Waals surface area contributed by atoms with Gasteiger partial charge in [-0.3, -0.25) is 9.78 Å². The van der Waals surface area contributed by atoms with Crippen molar-refractivity contribution in [3.63, 3.8) is 0 Å². The lowest BCUT2D eigenvalue weighted by Gasteiger charge is -2.41. The Hall–Kier alpha value is -2.54. The van der Waals surface area contributed by atoms with E-state index in [1.165, 1.54) is 12.8 Å². The van der Waals surface area contributed by atoms with E-state index in [1.54, 1.807) is 17.5 Å². The predicted octanol–water partition coefficient (Wildman–Crippen LogP) is 4.17. The third-order valence-electron chi connectivity index (χ3n) is 5.79. The first-order chi connectivity index (χ1) is 13.7. The maximum atomic E-state index is 13.0. The van der Waals surface area contributed by atoms with E-state index in [4.69, 9.17) is 9.51 Å². The van der Waals surface area contributed by atoms with Crippen molar-refractivity contribution in [3.8, 4) is 11.6 Å². The highest BCUT2D eigenvalue weighted by atomic mass is 32.1. The van der Waals surface area contributed by atoms with Gasteiger partial charge in [-0.2, -0.15) is 16.3 Å². The lowest BCUT2D eigenvalue weighted by molar-refractivity contribution is 0.0607. The Morgan fingerprint density at radius 3 is 3.00 bits per heavy atom. The molecule has 1 saturated heterocycles. The van der Waals surface area contributed by atoms with Gasteiger partial charge in [-0.1, -0.05) is 24.1 Å². The van der Waals surface area contributed by atoms with Gasteiger partial charge in [-0.05, 0) is 48.8 Å². The van der Waals surface area contributed by atoms with Crippen molar-refractivity contribution in [1.29, 1.82) is 0 Å². The summed E-state index contributed by atoms with van der Waals surface area (Å²) in [6, 6.07) is 7.55. The Kier molecular flexibility index (Phi) is 4.47. The second-order valence-electron chi connectivity index (χ2n) is 7.91. The van der Waals surface area contributed by atoms with Crippen LogP contribution < -0.4 is 0 Å². The first-order valence-corrected chi connectivity index (χ1v) is 10.7. The number of hydrogen-bond acceptors (Lipinski definition) is 6. The summed E-state index contributed by atoms with van der Waals surface area (Å²) in [6.45, 7) is 1.44. The van der Waals surface area contributed by atoms with Crippen LogP contribution >= 0.6 is 11.3 Å². The highest BCUT2D eigenvalue weighted by molar-refractivity contribution is 7.08. The SMILES string of the molecule is O=C(c1ccsc1)N1CCCC(CC2CC2)(c2noc(-c3ccccn3)n2)C1. The highest BCUT2D eigenvalue weighted by Crippen LogP contribution is 2.46. The van der Waals surface area contributed by atoms with Gasteiger partial charge in [0.05, 0.1) is 11.0 Å². The minimum absolute atomic E-state index is 0.106. The second-order valence-corrected chi connectivity index (χ2v) is 8.69. The van der Waals surface area contributed by atoms with E-state index in [0.29, 0.717) is 24.0 Å². The molecule has 7 heteroatoms. The molecule has 0 N–H and O–H groups in total. The fourth-order valence-electron chi connectivity index (χ4n) is 4.22. The molecule has 0 spiro atoms. The molecule has 2 aliphatic rings. The van der Waals surface area contributed by atoms with Crippen LogP contribution in [-0.2, 0) is 5.41 Å². The van der Waals surface area contributed by atoms with Crippen LogP contribution in [0.4, 0.5) is 0 Å². The summed E-state index contributed by atoms with van der Waals surface area (Å²) < 4.78 is 5.57. The molecule has 1 atom stereocenters. The average molecular weight is 395 g/mol. The number of carbonyl (C=O) groups is 1. The van der Waals surface area contributed by atoms with E-state index in [1.807, 2.05) is 39.9 Å². The molecule has 4 heterocycles. The maximum absolute atomic E-state index is 13.0. The van der Waals surface area contributed by atoms with Crippen molar-refractivity contribution in [3.05, 3.63) is 52.6 Å². The van der Waals surface area contributed by atoms with Crippen LogP contribution in [0.3, 0.4) is 0 Å². The van der Waals surface area contributed by atoms with E-state index in [-0.39, 0.29) is 11.3 Å². The molecule has 5 rings (SSSR count). The van der Waals surface area contributed by atoms with E-state index in [0.717, 1.165) is 37.2 Å². The fraction of sp³-hybridized carbons (Fsp3) is 0.429. The number of piperidine rings is 1. The van der Waals surface area contributed by atoms with Crippen molar-refractivity contribution in [2.75, 3.05) is 13.1 Å². The zero-order chi connectivity index (χ0) is 19.0. The largest absolute Gasteiger partial charge is 0.338 e. The molecule has 1 unspecified atom stereocenters. The molecule has 1 aliphatic carbocycles. The predicted molar refractivity (Wildman–Crippen MR) is 106 cm³/mol. The molecular formula is C21H22N4O2S. The van der Waals surface area contributed by atoms with Gasteiger partial charge < -0.3 is 9.42 Å². The standard InChI is InChI=1S/C21H22N4O2S/c26-19(16-7-11-28-13-16)25-10-3-8-21(14-25,12-15-5-6-15)20-23-18(27-24-20)17-4-1-2-9-22-17/h1-2,4,7,9,11,13,15H,3,5-6,8,10,12,14H2. The average Bonchev–Trinajstić information content (AvgIpc) is 3.20. The molecule has 0 bridgehead atoms. The van der Waals surface area contributed by atoms with Crippen molar-refractivity contribution >= 4 is 17.2 Å². The monoisotopic (exact) mass is 394 g/mol. The molecule has 3 aromatic rings. The molecule has 1 aliphatic heterocycles. The molecule has 0 radical (unpaired) electrons. The van der Waals surface area contributed by atoms with Gasteiger partial charge in [-0.25, -0.2) is 0 Å². The quantitative estimate of drug-likeness (QED) is 0.649. The summed E-state index contributed by atoms with van der Waals surface area (Å²) in [5, 5.41) is 8.24. The number of thiophene rings is 1. The molecule has 2 fully saturated rings. The number of pyridine rings is 1. The van der Waals surface area contributed by atoms with Crippen LogP contribution in [-0.4, -0.2) is 39.0 Å². The van der Waals surface area contributed by atoms with Crippen LogP contribution in [0.25, 0.3) is 11.6 Å². The van der Waals surface area contributed by atoms with E-state index in [2.05, 4.69) is 10.1 Å². The van der Waals surface area contributed by atoms with Crippen LogP contribution in [0.5, 0.6) is 0 Å². The van der Waals surface area contributed by atoms with Crippen LogP contribution in [0.1, 0.15) is 48.3 Å². The van der Waals surface area contributed by atoms with E-state index < -0.39 is 0 Å². The molecule has 1 amide bonds. The van der Waals surface area contributed by atoms with Crippen LogP contribution in [0, 0.1) is 5.92 Å². The van der Waals surface area contributed by atoms with E-state index >= 15 is 0 Å². The minimum atomic E-state index is -0.234. The van der Waals surface area contributed by atoms with Gasteiger partial charge in [0, 0.05) is 24.7 Å². The number of hydrogen-bond donors (Lipinski definition) is 0. The summed E-state index contributed by atoms with van der Waals surface area (Å²) in [7, 11) is 0. The first kappa shape index (κ1) is 17.6. The van der Waals surface area contributed by atoms with Crippen LogP contribution in [0.15, 0.2) is 45.7 Å². The fourth-order valence-corrected chi connectivity index (χ4v) is 4.85. The van der Waals surface area contributed by atoms with Gasteiger partial charge in [0.2, 0.25) is 0 Å². The van der Waals surface area contributed by atoms with Gasteiger partial charge in [0.1, 0.15) is 5.69 Å². The Bertz CT molecular complexity index is 952. The van der Waals surface area contributed by atoms with Gasteiger partial charge in [0.25, 0.3) is 11.8 Å². The van der Waals surface area contributed by atoms with Crippen molar-refractivity contribution in [2.24, 2.45) is 5.92 Å². The van der Waals surface area contributed by atoms with Crippen molar-refractivity contribution in [2.45, 2.75) is 37.5 Å². The number of nitrogens with zero attached hydrogens (tertiary/aromatic N) is 4. The summed E-state index contributed by atoms with van der Waals surface area (Å²) in [5.41, 5.74) is 1.22. The summed E-state index contributed by atoms with van der Waals surface area (Å²) in [4.78, 5) is 24.0. The Balaban J connectivity index is 1.45. The molecule has 1 saturated carbocycles. The summed E-state index contributed by atoms with van der Waals surface area (Å²) in [6.07, 6.45) is 7.19. The smallest absolute Gasteiger partial charge is 0.276 e. The zero-order valence-electron chi connectivity index (χ0n) is 15.6. The second kappa shape index (κ2) is 7.13. The van der Waals surface area contributed by atoms with Gasteiger partial charge in [0.15, 0.2) is 5.82 Å². The number of carbonyl (C=O) groups excluding carboxylic acids is 1. The molecule has 144 valence electrons. The maximum Gasteiger partial charge on any atom is 0.276 e. The molecule has 28 heavy (non-hydrogen) atoms. The first-order valence-electron chi connectivity index (χ1n) is 9.81. The summed E-state index contributed by atoms with van der Waals surface area (Å²) >= 11 is 1.56. The number of amides is 1. The van der Waals surface area contributed by atoms with E-state index in [9.17, 15) is 4.79 Å². The third kappa shape index (κ3) is 3.35. The minimum Gasteiger partial charge on any atom is -0.338 e. The number of rotatable bonds is 5. The molecular weight excluding hydrogens is 372 g/mol. The lowest BCUT2D eigenvalue weighted by atomic mass is 9.74. The highest BCUT2D eigenvalue weighted by Gasteiger charge is 2.46. The zero-order valence-corrected chi connectivity index (χ0v) is 16.4. The number of aromatic nitrogens is 3. The topological polar surface area (TPSA) is 72.1 Å². The van der Waals surface area contributed by atoms with Gasteiger partial charge >= 0.3 is 0 Å². The normalized spacial score (nSPS) is 22.4.